The Balaban J connectivity index is 2.38. The molecule has 0 spiro atoms. The lowest BCUT2D eigenvalue weighted by Gasteiger charge is -2.04. The molecule has 1 amide bonds. The first-order chi connectivity index (χ1) is 8.20. The molecule has 0 saturated carbocycles. The second-order valence-electron chi connectivity index (χ2n) is 3.52. The van der Waals surface area contributed by atoms with Crippen LogP contribution < -0.4 is 10.5 Å². The van der Waals surface area contributed by atoms with Gasteiger partial charge in [-0.25, -0.2) is 0 Å². The lowest BCUT2D eigenvalue weighted by molar-refractivity contribution is 0.1000. The Morgan fingerprint density at radius 2 is 1.94 bits per heavy atom. The number of ether oxygens (including phenoxy) is 1. The third-order valence-electron chi connectivity index (χ3n) is 2.43. The fourth-order valence-corrected chi connectivity index (χ4v) is 1.50. The number of hydrogen-bond acceptors (Lipinski definition) is 3. The first-order valence-electron chi connectivity index (χ1n) is 5.11. The minimum absolute atomic E-state index is 0.450. The molecule has 86 valence electrons. The molecule has 1 aromatic heterocycles. The number of rotatable bonds is 3. The zero-order chi connectivity index (χ0) is 12.3. The average molecular weight is 228 g/mol. The summed E-state index contributed by atoms with van der Waals surface area (Å²) >= 11 is 0. The van der Waals surface area contributed by atoms with Gasteiger partial charge >= 0.3 is 0 Å². The van der Waals surface area contributed by atoms with E-state index in [0.29, 0.717) is 11.3 Å². The number of aromatic nitrogens is 1. The number of nitrogens with zero attached hydrogens (tertiary/aromatic N) is 1. The van der Waals surface area contributed by atoms with Gasteiger partial charge in [-0.15, -0.1) is 0 Å². The fraction of sp³-hybridized carbons (Fsp3) is 0.0769. The molecule has 1 aromatic carbocycles. The van der Waals surface area contributed by atoms with E-state index in [9.17, 15) is 4.79 Å². The molecular formula is C13H12N2O2. The normalized spacial score (nSPS) is 9.94. The molecule has 0 radical (unpaired) electrons. The predicted molar refractivity (Wildman–Crippen MR) is 64.7 cm³/mol. The van der Waals surface area contributed by atoms with Crippen molar-refractivity contribution in [1.82, 2.24) is 4.98 Å². The van der Waals surface area contributed by atoms with Crippen molar-refractivity contribution in [2.45, 2.75) is 0 Å². The highest BCUT2D eigenvalue weighted by atomic mass is 16.5. The molecule has 4 heteroatoms. The van der Waals surface area contributed by atoms with Gasteiger partial charge in [0.2, 0.25) is 5.91 Å². The van der Waals surface area contributed by atoms with Crippen LogP contribution in [0.25, 0.3) is 11.3 Å². The lowest BCUT2D eigenvalue weighted by atomic mass is 10.1. The van der Waals surface area contributed by atoms with Crippen molar-refractivity contribution in [2.75, 3.05) is 7.11 Å². The number of pyridine rings is 1. The van der Waals surface area contributed by atoms with Gasteiger partial charge in [0, 0.05) is 17.3 Å². The van der Waals surface area contributed by atoms with E-state index in [2.05, 4.69) is 4.98 Å². The summed E-state index contributed by atoms with van der Waals surface area (Å²) in [6.45, 7) is 0. The monoisotopic (exact) mass is 228 g/mol. The van der Waals surface area contributed by atoms with E-state index >= 15 is 0 Å². The van der Waals surface area contributed by atoms with Gasteiger partial charge in [0.1, 0.15) is 5.75 Å². The van der Waals surface area contributed by atoms with Gasteiger partial charge < -0.3 is 10.5 Å². The number of primary amides is 1. The maximum absolute atomic E-state index is 11.1. The van der Waals surface area contributed by atoms with E-state index in [4.69, 9.17) is 10.5 Å². The van der Waals surface area contributed by atoms with Gasteiger partial charge in [0.15, 0.2) is 0 Å². The molecule has 0 bridgehead atoms. The van der Waals surface area contributed by atoms with Gasteiger partial charge in [-0.05, 0) is 36.4 Å². The van der Waals surface area contributed by atoms with E-state index in [1.165, 1.54) is 0 Å². The van der Waals surface area contributed by atoms with Crippen LogP contribution in [0, 0.1) is 0 Å². The Hall–Kier alpha value is -2.36. The van der Waals surface area contributed by atoms with Crippen molar-refractivity contribution in [1.29, 1.82) is 0 Å². The summed E-state index contributed by atoms with van der Waals surface area (Å²) in [7, 11) is 1.61. The van der Waals surface area contributed by atoms with Crippen LogP contribution in [-0.4, -0.2) is 18.0 Å². The van der Waals surface area contributed by atoms with Crippen LogP contribution in [0.5, 0.6) is 5.75 Å². The Bertz CT molecular complexity index is 535. The molecule has 2 N–H and O–H groups in total. The van der Waals surface area contributed by atoms with Crippen molar-refractivity contribution in [3.8, 4) is 17.0 Å². The number of carbonyl (C=O) groups excluding carboxylic acids is 1. The molecule has 0 saturated heterocycles. The standard InChI is InChI=1S/C13H12N2O2/c1-17-11-4-2-9(3-5-11)12-8-10(13(14)16)6-7-15-12/h2-8H,1H3,(H2,14,16). The predicted octanol–water partition coefficient (Wildman–Crippen LogP) is 1.86. The average Bonchev–Trinajstić information content (AvgIpc) is 2.39. The Kier molecular flexibility index (Phi) is 3.05. The van der Waals surface area contributed by atoms with Crippen molar-refractivity contribution in [2.24, 2.45) is 5.73 Å². The molecule has 0 unspecified atom stereocenters. The summed E-state index contributed by atoms with van der Waals surface area (Å²) in [5.41, 5.74) is 7.29. The summed E-state index contributed by atoms with van der Waals surface area (Å²) in [4.78, 5) is 15.3. The second-order valence-corrected chi connectivity index (χ2v) is 3.52. The molecule has 0 aliphatic rings. The summed E-state index contributed by atoms with van der Waals surface area (Å²) in [6.07, 6.45) is 1.57. The number of carbonyl (C=O) groups is 1. The number of methoxy groups -OCH3 is 1. The maximum Gasteiger partial charge on any atom is 0.248 e. The van der Waals surface area contributed by atoms with Gasteiger partial charge in [-0.1, -0.05) is 0 Å². The SMILES string of the molecule is COc1ccc(-c2cc(C(N)=O)ccn2)cc1. The van der Waals surface area contributed by atoms with Crippen molar-refractivity contribution < 1.29 is 9.53 Å². The molecule has 0 fully saturated rings. The van der Waals surface area contributed by atoms with E-state index in [1.807, 2.05) is 24.3 Å². The summed E-state index contributed by atoms with van der Waals surface area (Å²) < 4.78 is 5.07. The molecule has 0 atom stereocenters. The molecule has 2 rings (SSSR count). The first-order valence-corrected chi connectivity index (χ1v) is 5.11. The van der Waals surface area contributed by atoms with Crippen LogP contribution in [0.4, 0.5) is 0 Å². The fourth-order valence-electron chi connectivity index (χ4n) is 1.50. The van der Waals surface area contributed by atoms with E-state index in [1.54, 1.807) is 25.4 Å². The van der Waals surface area contributed by atoms with Gasteiger partial charge in [-0.3, -0.25) is 9.78 Å². The van der Waals surface area contributed by atoms with E-state index in [0.717, 1.165) is 11.3 Å². The molecule has 2 aromatic rings. The van der Waals surface area contributed by atoms with E-state index in [-0.39, 0.29) is 0 Å². The Morgan fingerprint density at radius 1 is 1.24 bits per heavy atom. The Morgan fingerprint density at radius 3 is 2.53 bits per heavy atom. The summed E-state index contributed by atoms with van der Waals surface area (Å²) in [6, 6.07) is 10.7. The highest BCUT2D eigenvalue weighted by Gasteiger charge is 2.04. The van der Waals surface area contributed by atoms with Crippen LogP contribution in [0.2, 0.25) is 0 Å². The lowest BCUT2D eigenvalue weighted by Crippen LogP contribution is -2.10. The van der Waals surface area contributed by atoms with Gasteiger partial charge in [0.05, 0.1) is 12.8 Å². The van der Waals surface area contributed by atoms with Crippen LogP contribution in [0.3, 0.4) is 0 Å². The molecule has 0 aliphatic carbocycles. The highest BCUT2D eigenvalue weighted by Crippen LogP contribution is 2.20. The maximum atomic E-state index is 11.1. The zero-order valence-corrected chi connectivity index (χ0v) is 9.38. The number of amides is 1. The number of hydrogen-bond donors (Lipinski definition) is 1. The second kappa shape index (κ2) is 4.65. The molecule has 17 heavy (non-hydrogen) atoms. The quantitative estimate of drug-likeness (QED) is 0.871. The number of nitrogens with two attached hydrogens (primary N) is 1. The first kappa shape index (κ1) is 11.1. The van der Waals surface area contributed by atoms with Crippen molar-refractivity contribution in [3.63, 3.8) is 0 Å². The zero-order valence-electron chi connectivity index (χ0n) is 9.38. The van der Waals surface area contributed by atoms with Crippen LogP contribution in [-0.2, 0) is 0 Å². The third kappa shape index (κ3) is 2.42. The van der Waals surface area contributed by atoms with E-state index < -0.39 is 5.91 Å². The van der Waals surface area contributed by atoms with Crippen molar-refractivity contribution in [3.05, 3.63) is 48.2 Å². The van der Waals surface area contributed by atoms with Crippen LogP contribution in [0.1, 0.15) is 10.4 Å². The summed E-state index contributed by atoms with van der Waals surface area (Å²) in [5.74, 6) is 0.321. The number of benzene rings is 1. The van der Waals surface area contributed by atoms with Gasteiger partial charge in [-0.2, -0.15) is 0 Å². The summed E-state index contributed by atoms with van der Waals surface area (Å²) in [5, 5.41) is 0. The minimum atomic E-state index is -0.456. The third-order valence-corrected chi connectivity index (χ3v) is 2.43. The minimum Gasteiger partial charge on any atom is -0.497 e. The molecule has 0 aliphatic heterocycles. The molecular weight excluding hydrogens is 216 g/mol. The molecule has 4 nitrogen and oxygen atoms in total. The Labute approximate surface area is 99.1 Å². The van der Waals surface area contributed by atoms with Gasteiger partial charge in [0.25, 0.3) is 0 Å². The smallest absolute Gasteiger partial charge is 0.248 e. The van der Waals surface area contributed by atoms with Crippen LogP contribution >= 0.6 is 0 Å². The highest BCUT2D eigenvalue weighted by molar-refractivity contribution is 5.93. The van der Waals surface area contributed by atoms with Crippen LogP contribution in [0.15, 0.2) is 42.6 Å². The molecule has 1 heterocycles. The topological polar surface area (TPSA) is 65.2 Å². The van der Waals surface area contributed by atoms with Crippen molar-refractivity contribution >= 4 is 5.91 Å². The largest absolute Gasteiger partial charge is 0.497 e.